The molecule has 2 aromatic rings. The van der Waals surface area contributed by atoms with Crippen molar-refractivity contribution in [3.05, 3.63) is 21.4 Å². The van der Waals surface area contributed by atoms with Gasteiger partial charge >= 0.3 is 0 Å². The summed E-state index contributed by atoms with van der Waals surface area (Å²) in [5.74, 6) is 0.676. The van der Waals surface area contributed by atoms with Gasteiger partial charge in [0.25, 0.3) is 0 Å². The molecule has 72 valence electrons. The normalized spacial score (nSPS) is 10.5. The molecule has 0 unspecified atom stereocenters. The van der Waals surface area contributed by atoms with Crippen LogP contribution in [0.4, 0.5) is 0 Å². The number of halogens is 2. The largest absolute Gasteiger partial charge is 0.251 e. The Morgan fingerprint density at radius 3 is 2.79 bits per heavy atom. The predicted molar refractivity (Wildman–Crippen MR) is 67.9 cm³/mol. The summed E-state index contributed by atoms with van der Waals surface area (Å²) in [5.41, 5.74) is 1.95. The molecule has 0 amide bonds. The average Bonchev–Trinajstić information content (AvgIpc) is 2.52. The first-order valence-corrected chi connectivity index (χ1v) is 5.80. The summed E-state index contributed by atoms with van der Waals surface area (Å²) in [6.45, 7) is 2.01. The van der Waals surface area contributed by atoms with E-state index in [2.05, 4.69) is 43.1 Å². The maximum Gasteiger partial charge on any atom is 0.211 e. The third-order valence-electron chi connectivity index (χ3n) is 1.62. The van der Waals surface area contributed by atoms with E-state index in [4.69, 9.17) is 0 Å². The molecule has 0 spiro atoms. The van der Waals surface area contributed by atoms with Crippen molar-refractivity contribution in [2.75, 3.05) is 0 Å². The van der Waals surface area contributed by atoms with Crippen molar-refractivity contribution < 1.29 is 0 Å². The molecule has 0 aliphatic rings. The van der Waals surface area contributed by atoms with Gasteiger partial charge in [-0.2, -0.15) is 2.90 Å². The van der Waals surface area contributed by atoms with Crippen LogP contribution in [0.1, 0.15) is 5.56 Å². The van der Waals surface area contributed by atoms with Crippen LogP contribution in [0.3, 0.4) is 0 Å². The van der Waals surface area contributed by atoms with Gasteiger partial charge in [0.1, 0.15) is 5.69 Å². The van der Waals surface area contributed by atoms with Crippen LogP contribution < -0.4 is 0 Å². The molecule has 2 heterocycles. The van der Waals surface area contributed by atoms with E-state index in [1.54, 1.807) is 2.90 Å². The van der Waals surface area contributed by atoms with Crippen molar-refractivity contribution in [2.45, 2.75) is 6.92 Å². The molecule has 5 nitrogen and oxygen atoms in total. The van der Waals surface area contributed by atoms with Crippen LogP contribution in [-0.2, 0) is 0 Å². The molecule has 0 radical (unpaired) electrons. The van der Waals surface area contributed by atoms with Gasteiger partial charge in [-0.3, -0.25) is 4.98 Å². The van der Waals surface area contributed by atoms with Gasteiger partial charge < -0.3 is 0 Å². The SMILES string of the molecule is Cc1cnc(-c2nnnn2I)c(I)c1. The zero-order chi connectivity index (χ0) is 10.1. The zero-order valence-corrected chi connectivity index (χ0v) is 11.5. The van der Waals surface area contributed by atoms with Crippen molar-refractivity contribution in [1.29, 1.82) is 0 Å². The number of nitrogens with zero attached hydrogens (tertiary/aromatic N) is 5. The number of pyridine rings is 1. The van der Waals surface area contributed by atoms with Gasteiger partial charge in [-0.25, -0.2) is 0 Å². The second-order valence-corrected chi connectivity index (χ2v) is 4.78. The highest BCUT2D eigenvalue weighted by Crippen LogP contribution is 2.21. The van der Waals surface area contributed by atoms with Gasteiger partial charge in [0.05, 0.1) is 22.9 Å². The topological polar surface area (TPSA) is 56.5 Å². The van der Waals surface area contributed by atoms with Gasteiger partial charge in [0.15, 0.2) is 0 Å². The second kappa shape index (κ2) is 4.04. The Hall–Kier alpha value is -0.320. The minimum Gasteiger partial charge on any atom is -0.251 e. The summed E-state index contributed by atoms with van der Waals surface area (Å²) in [5, 5.41) is 11.2. The standard InChI is InChI=1S/C7H5I2N5/c1-4-2-5(8)6(10-3-4)7-11-12-13-14(7)9/h2-3H,1H3. The van der Waals surface area contributed by atoms with Crippen LogP contribution in [0.15, 0.2) is 12.3 Å². The molecule has 14 heavy (non-hydrogen) atoms. The second-order valence-electron chi connectivity index (χ2n) is 2.71. The van der Waals surface area contributed by atoms with E-state index >= 15 is 0 Å². The molecule has 0 N–H and O–H groups in total. The summed E-state index contributed by atoms with van der Waals surface area (Å²) in [6, 6.07) is 2.05. The number of hydrogen-bond acceptors (Lipinski definition) is 4. The predicted octanol–water partition coefficient (Wildman–Crippen LogP) is 1.85. The quantitative estimate of drug-likeness (QED) is 0.671. The molecular formula is C7H5I2N5. The highest BCUT2D eigenvalue weighted by molar-refractivity contribution is 14.1. The molecule has 2 rings (SSSR count). The fourth-order valence-electron chi connectivity index (χ4n) is 1.01. The van der Waals surface area contributed by atoms with Crippen LogP contribution in [-0.4, -0.2) is 23.4 Å². The van der Waals surface area contributed by atoms with Crippen molar-refractivity contribution in [3.63, 3.8) is 0 Å². The van der Waals surface area contributed by atoms with E-state index < -0.39 is 0 Å². The lowest BCUT2D eigenvalue weighted by Crippen LogP contribution is -1.94. The molecule has 0 saturated heterocycles. The molecule has 7 heteroatoms. The minimum absolute atomic E-state index is 0.676. The fraction of sp³-hybridized carbons (Fsp3) is 0.143. The number of rotatable bonds is 1. The molecule has 0 aromatic carbocycles. The Bertz CT molecular complexity index is 467. The lowest BCUT2D eigenvalue weighted by atomic mass is 10.3. The van der Waals surface area contributed by atoms with Crippen LogP contribution in [0, 0.1) is 10.5 Å². The monoisotopic (exact) mass is 413 g/mol. The van der Waals surface area contributed by atoms with Crippen molar-refractivity contribution in [2.24, 2.45) is 0 Å². The van der Waals surface area contributed by atoms with Crippen molar-refractivity contribution in [1.82, 2.24) is 23.4 Å². The first-order valence-electron chi connectivity index (χ1n) is 3.75. The minimum atomic E-state index is 0.676. The van der Waals surface area contributed by atoms with Crippen LogP contribution in [0.2, 0.25) is 0 Å². The van der Waals surface area contributed by atoms with Gasteiger partial charge in [0.2, 0.25) is 5.82 Å². The lowest BCUT2D eigenvalue weighted by Gasteiger charge is -2.00. The summed E-state index contributed by atoms with van der Waals surface area (Å²) in [7, 11) is 0. The van der Waals surface area contributed by atoms with Gasteiger partial charge in [-0.15, -0.1) is 5.10 Å². The van der Waals surface area contributed by atoms with Gasteiger partial charge in [-0.05, 0) is 51.6 Å². The molecule has 0 aliphatic carbocycles. The molecule has 0 aliphatic heterocycles. The van der Waals surface area contributed by atoms with E-state index in [0.717, 1.165) is 14.8 Å². The number of hydrogen-bond donors (Lipinski definition) is 0. The Morgan fingerprint density at radius 2 is 2.21 bits per heavy atom. The number of aryl methyl sites for hydroxylation is 1. The third kappa shape index (κ3) is 1.87. The molecule has 2 aromatic heterocycles. The Morgan fingerprint density at radius 1 is 1.43 bits per heavy atom. The molecule has 0 bridgehead atoms. The van der Waals surface area contributed by atoms with Crippen molar-refractivity contribution >= 4 is 45.5 Å². The maximum absolute atomic E-state index is 4.31. The zero-order valence-electron chi connectivity index (χ0n) is 7.15. The highest BCUT2D eigenvalue weighted by Gasteiger charge is 2.11. The lowest BCUT2D eigenvalue weighted by molar-refractivity contribution is 0.870. The molecule has 0 fully saturated rings. The number of tetrazole rings is 1. The van der Waals surface area contributed by atoms with E-state index in [-0.39, 0.29) is 0 Å². The van der Waals surface area contributed by atoms with Crippen LogP contribution >= 0.6 is 45.5 Å². The molecular weight excluding hydrogens is 408 g/mol. The fourth-order valence-corrected chi connectivity index (χ4v) is 2.29. The first-order chi connectivity index (χ1) is 6.68. The highest BCUT2D eigenvalue weighted by atomic mass is 127. The molecule has 0 atom stereocenters. The van der Waals surface area contributed by atoms with E-state index in [1.807, 2.05) is 42.1 Å². The Labute approximate surface area is 108 Å². The molecule has 0 saturated carbocycles. The van der Waals surface area contributed by atoms with Gasteiger partial charge in [0, 0.05) is 9.77 Å². The maximum atomic E-state index is 4.31. The smallest absolute Gasteiger partial charge is 0.211 e. The Kier molecular flexibility index (Phi) is 2.95. The summed E-state index contributed by atoms with van der Waals surface area (Å²) in [6.07, 6.45) is 1.81. The average molecular weight is 413 g/mol. The summed E-state index contributed by atoms with van der Waals surface area (Å²) < 4.78 is 2.63. The van der Waals surface area contributed by atoms with Crippen molar-refractivity contribution in [3.8, 4) is 11.5 Å². The van der Waals surface area contributed by atoms with Crippen LogP contribution in [0.5, 0.6) is 0 Å². The third-order valence-corrected chi connectivity index (χ3v) is 3.09. The summed E-state index contributed by atoms with van der Waals surface area (Å²) in [4.78, 5) is 4.31. The summed E-state index contributed by atoms with van der Waals surface area (Å²) >= 11 is 4.25. The first kappa shape index (κ1) is 10.2. The van der Waals surface area contributed by atoms with Gasteiger partial charge in [-0.1, -0.05) is 0 Å². The number of aromatic nitrogens is 5. The van der Waals surface area contributed by atoms with E-state index in [9.17, 15) is 0 Å². The van der Waals surface area contributed by atoms with E-state index in [1.165, 1.54) is 0 Å². The Balaban J connectivity index is 2.58. The van der Waals surface area contributed by atoms with Crippen LogP contribution in [0.25, 0.3) is 11.5 Å². The van der Waals surface area contributed by atoms with E-state index in [0.29, 0.717) is 5.82 Å².